The van der Waals surface area contributed by atoms with E-state index in [2.05, 4.69) is 0 Å². The van der Waals surface area contributed by atoms with Crippen molar-refractivity contribution in [1.29, 1.82) is 0 Å². The molecule has 2 aromatic rings. The molecule has 4 atom stereocenters. The van der Waals surface area contributed by atoms with E-state index in [0.717, 1.165) is 16.8 Å². The van der Waals surface area contributed by atoms with Crippen molar-refractivity contribution in [2.75, 3.05) is 16.3 Å². The number of esters is 1. The molecular formula is C29H30N2O5. The van der Waals surface area contributed by atoms with Crippen molar-refractivity contribution < 1.29 is 23.9 Å². The summed E-state index contributed by atoms with van der Waals surface area (Å²) in [6.07, 6.45) is 4.64. The fourth-order valence-corrected chi connectivity index (χ4v) is 5.75. The molecule has 2 saturated heterocycles. The maximum absolute atomic E-state index is 13.1. The van der Waals surface area contributed by atoms with Crippen LogP contribution in [0, 0.1) is 44.4 Å². The second-order valence-electron chi connectivity index (χ2n) is 10.3. The number of carbonyl (C=O) groups excluding carboxylic acids is 4. The first kappa shape index (κ1) is 24.0. The summed E-state index contributed by atoms with van der Waals surface area (Å²) in [6.45, 7) is 7.97. The number of nitrogens with zero attached hydrogens (tertiary/aromatic N) is 2. The number of hydrogen-bond donors (Lipinski definition) is 0. The third-order valence-corrected chi connectivity index (χ3v) is 7.48. The number of allylic oxidation sites excluding steroid dienone is 2. The zero-order valence-electron chi connectivity index (χ0n) is 21.0. The predicted molar refractivity (Wildman–Crippen MR) is 136 cm³/mol. The highest BCUT2D eigenvalue weighted by atomic mass is 16.5. The number of carbonyl (C=O) groups is 4. The topological polar surface area (TPSA) is 84.0 Å². The van der Waals surface area contributed by atoms with E-state index in [1.54, 1.807) is 30.0 Å². The lowest BCUT2D eigenvalue weighted by Gasteiger charge is -2.22. The Hall–Kier alpha value is -3.74. The first-order chi connectivity index (χ1) is 17.1. The van der Waals surface area contributed by atoms with E-state index >= 15 is 0 Å². The fraction of sp³-hybridized carbons (Fsp3) is 0.379. The SMILES string of the molecule is Cc1cc(C)cc(N2C[C@H](C(=O)Oc3ccc(N4C(=O)[C@@H]5[C@H](C)C=CC[C@H]5C4=O)c(C)c3)CC2=O)c1. The summed E-state index contributed by atoms with van der Waals surface area (Å²) in [4.78, 5) is 54.7. The lowest BCUT2D eigenvalue weighted by atomic mass is 9.78. The highest BCUT2D eigenvalue weighted by molar-refractivity contribution is 6.22. The van der Waals surface area contributed by atoms with Crippen molar-refractivity contribution in [3.8, 4) is 5.75 Å². The quantitative estimate of drug-likeness (QED) is 0.279. The fourth-order valence-electron chi connectivity index (χ4n) is 5.75. The zero-order chi connectivity index (χ0) is 25.7. The molecule has 0 aromatic heterocycles. The Morgan fingerprint density at radius 1 is 0.972 bits per heavy atom. The minimum Gasteiger partial charge on any atom is -0.426 e. The van der Waals surface area contributed by atoms with Gasteiger partial charge in [-0.05, 0) is 80.1 Å². The van der Waals surface area contributed by atoms with Crippen LogP contribution in [-0.4, -0.2) is 30.2 Å². The summed E-state index contributed by atoms with van der Waals surface area (Å²) in [5, 5.41) is 0. The third-order valence-electron chi connectivity index (χ3n) is 7.48. The number of benzene rings is 2. The smallest absolute Gasteiger partial charge is 0.316 e. The van der Waals surface area contributed by atoms with Crippen LogP contribution >= 0.6 is 0 Å². The lowest BCUT2D eigenvalue weighted by Crippen LogP contribution is -2.32. The van der Waals surface area contributed by atoms with E-state index in [0.29, 0.717) is 23.4 Å². The molecule has 2 heterocycles. The minimum atomic E-state index is -0.572. The van der Waals surface area contributed by atoms with E-state index in [4.69, 9.17) is 4.74 Å². The molecule has 7 heteroatoms. The molecular weight excluding hydrogens is 456 g/mol. The molecule has 2 aromatic carbocycles. The Kier molecular flexibility index (Phi) is 6.02. The van der Waals surface area contributed by atoms with Crippen LogP contribution in [0.1, 0.15) is 36.5 Å². The molecule has 0 unspecified atom stereocenters. The Morgan fingerprint density at radius 3 is 2.36 bits per heavy atom. The molecule has 5 rings (SSSR count). The van der Waals surface area contributed by atoms with Gasteiger partial charge in [0.05, 0.1) is 23.4 Å². The van der Waals surface area contributed by atoms with Gasteiger partial charge in [-0.25, -0.2) is 4.90 Å². The molecule has 0 spiro atoms. The van der Waals surface area contributed by atoms with Crippen molar-refractivity contribution in [3.05, 3.63) is 65.2 Å². The normalized spacial score (nSPS) is 25.5. The van der Waals surface area contributed by atoms with Crippen LogP contribution in [0.5, 0.6) is 5.75 Å². The number of ether oxygens (including phenoxy) is 1. The minimum absolute atomic E-state index is 0.0168. The van der Waals surface area contributed by atoms with Gasteiger partial charge in [0, 0.05) is 18.7 Å². The van der Waals surface area contributed by atoms with E-state index in [1.807, 2.05) is 51.1 Å². The maximum Gasteiger partial charge on any atom is 0.316 e. The first-order valence-corrected chi connectivity index (χ1v) is 12.4. The molecule has 1 aliphatic carbocycles. The van der Waals surface area contributed by atoms with E-state index in [-0.39, 0.29) is 48.4 Å². The Bertz CT molecular complexity index is 1290. The number of amides is 3. The molecule has 2 fully saturated rings. The van der Waals surface area contributed by atoms with Crippen LogP contribution in [-0.2, 0) is 19.2 Å². The first-order valence-electron chi connectivity index (χ1n) is 12.4. The zero-order valence-corrected chi connectivity index (χ0v) is 21.0. The summed E-state index contributed by atoms with van der Waals surface area (Å²) in [6, 6.07) is 10.8. The number of rotatable bonds is 4. The molecule has 0 bridgehead atoms. The second-order valence-corrected chi connectivity index (χ2v) is 10.3. The van der Waals surface area contributed by atoms with Gasteiger partial charge < -0.3 is 9.64 Å². The Morgan fingerprint density at radius 2 is 1.69 bits per heavy atom. The lowest BCUT2D eigenvalue weighted by molar-refractivity contribution is -0.139. The molecule has 3 aliphatic rings. The number of hydrogen-bond acceptors (Lipinski definition) is 5. The van der Waals surface area contributed by atoms with E-state index in [1.165, 1.54) is 4.90 Å². The molecule has 36 heavy (non-hydrogen) atoms. The standard InChI is InChI=1S/C29H30N2O5/c1-16-10-17(2)12-21(11-16)30-15-20(14-25(30)32)29(35)36-22-8-9-24(19(4)13-22)31-27(33)23-7-5-6-18(3)26(23)28(31)34/h5-6,8-13,18,20,23,26H,7,14-15H2,1-4H3/t18-,20-,23-,26-/m1/s1. The van der Waals surface area contributed by atoms with Gasteiger partial charge in [-0.1, -0.05) is 25.1 Å². The van der Waals surface area contributed by atoms with Gasteiger partial charge in [-0.15, -0.1) is 0 Å². The van der Waals surface area contributed by atoms with Crippen LogP contribution < -0.4 is 14.5 Å². The highest BCUT2D eigenvalue weighted by Crippen LogP contribution is 2.41. The van der Waals surface area contributed by atoms with Crippen molar-refractivity contribution in [3.63, 3.8) is 0 Å². The van der Waals surface area contributed by atoms with Crippen LogP contribution in [0.3, 0.4) is 0 Å². The predicted octanol–water partition coefficient (Wildman–Crippen LogP) is 4.27. The summed E-state index contributed by atoms with van der Waals surface area (Å²) < 4.78 is 5.63. The van der Waals surface area contributed by atoms with Gasteiger partial charge >= 0.3 is 5.97 Å². The van der Waals surface area contributed by atoms with Gasteiger partial charge in [0.25, 0.3) is 0 Å². The molecule has 0 N–H and O–H groups in total. The maximum atomic E-state index is 13.1. The largest absolute Gasteiger partial charge is 0.426 e. The van der Waals surface area contributed by atoms with Gasteiger partial charge in [0.2, 0.25) is 17.7 Å². The number of aryl methyl sites for hydroxylation is 3. The molecule has 3 amide bonds. The monoisotopic (exact) mass is 486 g/mol. The van der Waals surface area contributed by atoms with Crippen molar-refractivity contribution in [1.82, 2.24) is 0 Å². The van der Waals surface area contributed by atoms with E-state index in [9.17, 15) is 19.2 Å². The number of anilines is 2. The molecule has 0 radical (unpaired) electrons. The Balaban J connectivity index is 1.29. The number of imide groups is 1. The summed E-state index contributed by atoms with van der Waals surface area (Å²) >= 11 is 0. The molecule has 0 saturated carbocycles. The molecule has 7 nitrogen and oxygen atoms in total. The van der Waals surface area contributed by atoms with Crippen molar-refractivity contribution in [2.24, 2.45) is 23.7 Å². The average molecular weight is 487 g/mol. The highest BCUT2D eigenvalue weighted by Gasteiger charge is 2.50. The van der Waals surface area contributed by atoms with E-state index < -0.39 is 11.9 Å². The molecule has 186 valence electrons. The van der Waals surface area contributed by atoms with Gasteiger partial charge in [0.1, 0.15) is 5.75 Å². The van der Waals surface area contributed by atoms with Crippen LogP contribution in [0.4, 0.5) is 11.4 Å². The summed E-state index contributed by atoms with van der Waals surface area (Å²) in [5.41, 5.74) is 4.08. The Labute approximate surface area is 210 Å². The van der Waals surface area contributed by atoms with Crippen LogP contribution in [0.15, 0.2) is 48.6 Å². The average Bonchev–Trinajstić information content (AvgIpc) is 3.32. The molecule has 2 aliphatic heterocycles. The third kappa shape index (κ3) is 4.12. The van der Waals surface area contributed by atoms with Gasteiger partial charge in [-0.2, -0.15) is 0 Å². The number of fused-ring (bicyclic) bond motifs is 1. The second kappa shape index (κ2) is 9.04. The van der Waals surface area contributed by atoms with Crippen LogP contribution in [0.2, 0.25) is 0 Å². The van der Waals surface area contributed by atoms with Crippen LogP contribution in [0.25, 0.3) is 0 Å². The summed E-state index contributed by atoms with van der Waals surface area (Å²) in [7, 11) is 0. The van der Waals surface area contributed by atoms with Crippen molar-refractivity contribution >= 4 is 35.1 Å². The van der Waals surface area contributed by atoms with Gasteiger partial charge in [-0.3, -0.25) is 19.2 Å². The van der Waals surface area contributed by atoms with Crippen molar-refractivity contribution in [2.45, 2.75) is 40.5 Å². The van der Waals surface area contributed by atoms with Gasteiger partial charge in [0.15, 0.2) is 0 Å². The summed E-state index contributed by atoms with van der Waals surface area (Å²) in [5.74, 6) is -1.82.